The Morgan fingerprint density at radius 1 is 1.20 bits per heavy atom. The molecule has 2 aromatic rings. The normalized spacial score (nSPS) is 16.1. The van der Waals surface area contributed by atoms with Gasteiger partial charge in [-0.05, 0) is 12.1 Å². The summed E-state index contributed by atoms with van der Waals surface area (Å²) in [5.41, 5.74) is 3.20. The van der Waals surface area contributed by atoms with Crippen molar-refractivity contribution in [3.63, 3.8) is 0 Å². The number of ether oxygens (including phenoxy) is 1. The first-order valence-corrected chi connectivity index (χ1v) is 6.47. The van der Waals surface area contributed by atoms with Gasteiger partial charge in [0.05, 0.1) is 12.7 Å². The zero-order valence-corrected chi connectivity index (χ0v) is 12.0. The van der Waals surface area contributed by atoms with E-state index in [1.54, 1.807) is 0 Å². The average molecular weight is 290 g/mol. The molecule has 0 amide bonds. The molecule has 3 rings (SSSR count). The van der Waals surface area contributed by atoms with E-state index in [9.17, 15) is 4.79 Å². The Hall–Kier alpha value is -1.87. The summed E-state index contributed by atoms with van der Waals surface area (Å²) in [6.45, 7) is 0. The van der Waals surface area contributed by atoms with Crippen LogP contribution in [0.4, 0.5) is 0 Å². The molecule has 0 N–H and O–H groups in total. The van der Waals surface area contributed by atoms with Gasteiger partial charge in [0.1, 0.15) is 0 Å². The number of pyridine rings is 1. The summed E-state index contributed by atoms with van der Waals surface area (Å²) in [6.07, 6.45) is 4.34. The third-order valence-electron chi connectivity index (χ3n) is 3.70. The Balaban J connectivity index is 0.00000147. The molecule has 104 valence electrons. The van der Waals surface area contributed by atoms with Crippen molar-refractivity contribution >= 4 is 5.97 Å². The SMILES string of the molecule is COC(=O)c1ccc([C@@H]2CCc3cccc[n+]32)cc1.[Cl-]. The molecule has 1 atom stereocenters. The first-order valence-electron chi connectivity index (χ1n) is 6.47. The van der Waals surface area contributed by atoms with E-state index >= 15 is 0 Å². The number of carbonyl (C=O) groups excluding carboxylic acids is 1. The number of rotatable bonds is 2. The lowest BCUT2D eigenvalue weighted by Gasteiger charge is -2.07. The molecule has 0 radical (unpaired) electrons. The van der Waals surface area contributed by atoms with Crippen molar-refractivity contribution in [2.24, 2.45) is 0 Å². The lowest BCUT2D eigenvalue weighted by atomic mass is 10.0. The van der Waals surface area contributed by atoms with Gasteiger partial charge in [-0.2, -0.15) is 4.57 Å². The van der Waals surface area contributed by atoms with Gasteiger partial charge in [0.15, 0.2) is 17.9 Å². The number of aryl methyl sites for hydroxylation is 1. The number of fused-ring (bicyclic) bond motifs is 1. The number of aromatic nitrogens is 1. The van der Waals surface area contributed by atoms with Gasteiger partial charge >= 0.3 is 5.97 Å². The highest BCUT2D eigenvalue weighted by molar-refractivity contribution is 5.89. The fourth-order valence-electron chi connectivity index (χ4n) is 2.72. The molecule has 1 aromatic heterocycles. The molecule has 1 aliphatic rings. The first-order chi connectivity index (χ1) is 9.29. The van der Waals surface area contributed by atoms with Crippen molar-refractivity contribution in [2.75, 3.05) is 7.11 Å². The van der Waals surface area contributed by atoms with Crippen molar-refractivity contribution in [3.8, 4) is 0 Å². The highest BCUT2D eigenvalue weighted by atomic mass is 35.5. The summed E-state index contributed by atoms with van der Waals surface area (Å²) in [6, 6.07) is 14.4. The summed E-state index contributed by atoms with van der Waals surface area (Å²) in [4.78, 5) is 11.4. The molecule has 4 heteroatoms. The monoisotopic (exact) mass is 289 g/mol. The minimum atomic E-state index is -0.286. The van der Waals surface area contributed by atoms with E-state index < -0.39 is 0 Å². The van der Waals surface area contributed by atoms with E-state index in [4.69, 9.17) is 4.74 Å². The summed E-state index contributed by atoms with van der Waals surface area (Å²) in [7, 11) is 1.40. The molecule has 1 aliphatic heterocycles. The summed E-state index contributed by atoms with van der Waals surface area (Å²) < 4.78 is 7.03. The number of carbonyl (C=O) groups is 1. The molecule has 2 heterocycles. The van der Waals surface area contributed by atoms with Gasteiger partial charge in [0.25, 0.3) is 0 Å². The van der Waals surface area contributed by atoms with Crippen LogP contribution in [0.1, 0.15) is 34.1 Å². The minimum Gasteiger partial charge on any atom is -1.00 e. The van der Waals surface area contributed by atoms with E-state index in [0.29, 0.717) is 11.6 Å². The fourth-order valence-corrected chi connectivity index (χ4v) is 2.72. The van der Waals surface area contributed by atoms with Crippen molar-refractivity contribution in [1.29, 1.82) is 0 Å². The van der Waals surface area contributed by atoms with Crippen LogP contribution in [-0.2, 0) is 11.2 Å². The van der Waals surface area contributed by atoms with Crippen LogP contribution >= 0.6 is 0 Å². The van der Waals surface area contributed by atoms with Crippen molar-refractivity contribution in [2.45, 2.75) is 18.9 Å². The van der Waals surface area contributed by atoms with E-state index in [2.05, 4.69) is 29.0 Å². The van der Waals surface area contributed by atoms with Gasteiger partial charge in [0, 0.05) is 30.5 Å². The van der Waals surface area contributed by atoms with E-state index in [1.807, 2.05) is 24.3 Å². The zero-order chi connectivity index (χ0) is 13.2. The van der Waals surface area contributed by atoms with Gasteiger partial charge in [0.2, 0.25) is 0 Å². The molecule has 0 saturated heterocycles. The number of halogens is 1. The van der Waals surface area contributed by atoms with E-state index in [1.165, 1.54) is 18.4 Å². The maximum Gasteiger partial charge on any atom is 0.337 e. The van der Waals surface area contributed by atoms with Gasteiger partial charge in [-0.3, -0.25) is 0 Å². The molecule has 0 aliphatic carbocycles. The van der Waals surface area contributed by atoms with E-state index in [-0.39, 0.29) is 18.4 Å². The molecule has 0 spiro atoms. The van der Waals surface area contributed by atoms with Gasteiger partial charge in [-0.15, -0.1) is 0 Å². The van der Waals surface area contributed by atoms with Crippen LogP contribution in [0.15, 0.2) is 48.7 Å². The fraction of sp³-hybridized carbons (Fsp3) is 0.250. The number of esters is 1. The summed E-state index contributed by atoms with van der Waals surface area (Å²) in [5, 5.41) is 0. The number of nitrogens with zero attached hydrogens (tertiary/aromatic N) is 1. The summed E-state index contributed by atoms with van der Waals surface area (Å²) in [5.74, 6) is -0.286. The number of benzene rings is 1. The molecule has 1 aromatic carbocycles. The quantitative estimate of drug-likeness (QED) is 0.541. The van der Waals surface area contributed by atoms with Crippen molar-refractivity contribution in [1.82, 2.24) is 0 Å². The third kappa shape index (κ3) is 2.54. The topological polar surface area (TPSA) is 30.2 Å². The lowest BCUT2D eigenvalue weighted by Crippen LogP contribution is -3.00. The van der Waals surface area contributed by atoms with E-state index in [0.717, 1.165) is 12.8 Å². The van der Waals surface area contributed by atoms with Crippen molar-refractivity contribution < 1.29 is 26.5 Å². The molecule has 0 bridgehead atoms. The highest BCUT2D eigenvalue weighted by Gasteiger charge is 2.30. The highest BCUT2D eigenvalue weighted by Crippen LogP contribution is 2.24. The molecule has 20 heavy (non-hydrogen) atoms. The van der Waals surface area contributed by atoms with Crippen LogP contribution in [0.25, 0.3) is 0 Å². The second kappa shape index (κ2) is 6.06. The molecule has 0 unspecified atom stereocenters. The Labute approximate surface area is 124 Å². The number of hydrogen-bond donors (Lipinski definition) is 0. The lowest BCUT2D eigenvalue weighted by molar-refractivity contribution is -0.707. The van der Waals surface area contributed by atoms with Crippen molar-refractivity contribution in [3.05, 3.63) is 65.5 Å². The Kier molecular flexibility index (Phi) is 4.40. The van der Waals surface area contributed by atoms with Gasteiger partial charge < -0.3 is 17.1 Å². The Morgan fingerprint density at radius 2 is 1.95 bits per heavy atom. The zero-order valence-electron chi connectivity index (χ0n) is 11.3. The standard InChI is InChI=1S/C16H16NO2.ClH/c1-19-16(18)13-7-5-12(6-8-13)15-10-9-14-4-2-3-11-17(14)15;/h2-8,11,15H,9-10H2,1H3;1H/q+1;/p-1/t15-;/m0./s1. The second-order valence-corrected chi connectivity index (χ2v) is 4.77. The first kappa shape index (κ1) is 14.5. The second-order valence-electron chi connectivity index (χ2n) is 4.77. The van der Waals surface area contributed by atoms with Crippen LogP contribution < -0.4 is 17.0 Å². The van der Waals surface area contributed by atoms with Crippen LogP contribution in [0.2, 0.25) is 0 Å². The molecular weight excluding hydrogens is 274 g/mol. The summed E-state index contributed by atoms with van der Waals surface area (Å²) >= 11 is 0. The predicted octanol–water partition coefficient (Wildman–Crippen LogP) is -0.700. The van der Waals surface area contributed by atoms with Gasteiger partial charge in [-0.1, -0.05) is 18.2 Å². The van der Waals surface area contributed by atoms with Crippen LogP contribution in [0, 0.1) is 0 Å². The maximum absolute atomic E-state index is 11.4. The van der Waals surface area contributed by atoms with Crippen LogP contribution in [0.3, 0.4) is 0 Å². The molecule has 0 fully saturated rings. The predicted molar refractivity (Wildman–Crippen MR) is 70.9 cm³/mol. The van der Waals surface area contributed by atoms with Crippen LogP contribution in [0.5, 0.6) is 0 Å². The molecule has 3 nitrogen and oxygen atoms in total. The smallest absolute Gasteiger partial charge is 0.337 e. The number of methoxy groups -OCH3 is 1. The molecule has 0 saturated carbocycles. The third-order valence-corrected chi connectivity index (χ3v) is 3.70. The largest absolute Gasteiger partial charge is 1.00 e. The number of hydrogen-bond acceptors (Lipinski definition) is 2. The van der Waals surface area contributed by atoms with Crippen LogP contribution in [-0.4, -0.2) is 13.1 Å². The Morgan fingerprint density at radius 3 is 2.65 bits per heavy atom. The maximum atomic E-state index is 11.4. The average Bonchev–Trinajstić information content (AvgIpc) is 2.90. The molecular formula is C16H16ClNO2. The van der Waals surface area contributed by atoms with Gasteiger partial charge in [-0.25, -0.2) is 4.79 Å². The minimum absolute atomic E-state index is 0. The Bertz CT molecular complexity index is 610.